The fourth-order valence-corrected chi connectivity index (χ4v) is 3.06. The van der Waals surface area contributed by atoms with Crippen LogP contribution in [-0.2, 0) is 14.3 Å². The Kier molecular flexibility index (Phi) is 19.1. The van der Waals surface area contributed by atoms with E-state index in [1.165, 1.54) is 0 Å². The molecule has 2 atom stereocenters. The fourth-order valence-electron chi connectivity index (χ4n) is 3.06. The number of carbonyl (C=O) groups excluding carboxylic acids is 1. The molecule has 0 aromatic carbocycles. The van der Waals surface area contributed by atoms with E-state index in [-0.39, 0.29) is 18.8 Å². The molecule has 0 bridgehead atoms. The van der Waals surface area contributed by atoms with E-state index in [1.807, 2.05) is 57.6 Å². The van der Waals surface area contributed by atoms with Crippen molar-refractivity contribution in [2.45, 2.75) is 70.5 Å². The lowest BCUT2D eigenvalue weighted by molar-refractivity contribution is -0.873. The molecule has 0 fully saturated rings. The van der Waals surface area contributed by atoms with E-state index in [4.69, 9.17) is 9.84 Å². The molecular weight excluding hydrogens is 442 g/mol. The van der Waals surface area contributed by atoms with Crippen molar-refractivity contribution in [3.05, 3.63) is 72.9 Å². The fraction of sp³-hybridized carbons (Fsp3) is 0.517. The number of quaternary nitrogens is 1. The molecule has 0 saturated carbocycles. The van der Waals surface area contributed by atoms with E-state index < -0.39 is 18.2 Å². The van der Waals surface area contributed by atoms with Crippen LogP contribution in [0.15, 0.2) is 72.9 Å². The lowest BCUT2D eigenvalue weighted by Crippen LogP contribution is -2.43. The summed E-state index contributed by atoms with van der Waals surface area (Å²) in [6, 6.07) is 0. The molecule has 0 saturated heterocycles. The van der Waals surface area contributed by atoms with E-state index in [0.717, 1.165) is 25.7 Å². The zero-order valence-corrected chi connectivity index (χ0v) is 22.0. The minimum atomic E-state index is -0.972. The van der Waals surface area contributed by atoms with Gasteiger partial charge in [0.2, 0.25) is 0 Å². The Labute approximate surface area is 212 Å². The van der Waals surface area contributed by atoms with Gasteiger partial charge in [-0.05, 0) is 38.5 Å². The molecule has 2 unspecified atom stereocenters. The predicted octanol–water partition coefficient (Wildman–Crippen LogP) is 5.53. The maximum atomic E-state index is 12.0. The molecule has 0 aromatic rings. The van der Waals surface area contributed by atoms with Crippen LogP contribution < -0.4 is 0 Å². The van der Waals surface area contributed by atoms with Gasteiger partial charge in [-0.2, -0.15) is 0 Å². The summed E-state index contributed by atoms with van der Waals surface area (Å²) in [7, 11) is 5.79. The first-order valence-corrected chi connectivity index (χ1v) is 12.5. The van der Waals surface area contributed by atoms with Crippen molar-refractivity contribution in [2.75, 3.05) is 27.7 Å². The Hall–Kier alpha value is -2.70. The van der Waals surface area contributed by atoms with Crippen molar-refractivity contribution < 1.29 is 29.0 Å². The van der Waals surface area contributed by atoms with Crippen molar-refractivity contribution in [1.82, 2.24) is 0 Å². The van der Waals surface area contributed by atoms with Gasteiger partial charge in [-0.15, -0.1) is 0 Å². The monoisotopic (exact) mass is 488 g/mol. The summed E-state index contributed by atoms with van der Waals surface area (Å²) >= 11 is 0. The SMILES string of the molecule is CC/C=C/C/C=C/C/C=C/CC(O)/C=C/C=C/C/C=C/CCC(=O)OC(CC(=O)O)C[N+](C)(C)C. The van der Waals surface area contributed by atoms with Gasteiger partial charge in [0.25, 0.3) is 0 Å². The molecule has 0 radical (unpaired) electrons. The van der Waals surface area contributed by atoms with E-state index in [2.05, 4.69) is 37.3 Å². The average molecular weight is 489 g/mol. The molecule has 6 nitrogen and oxygen atoms in total. The van der Waals surface area contributed by atoms with Crippen LogP contribution in [-0.4, -0.2) is 66.5 Å². The molecule has 0 aromatic heterocycles. The summed E-state index contributed by atoms with van der Waals surface area (Å²) in [6.45, 7) is 2.57. The molecule has 0 aliphatic heterocycles. The number of carboxylic acid groups (broad SMARTS) is 1. The van der Waals surface area contributed by atoms with Crippen LogP contribution >= 0.6 is 0 Å². The van der Waals surface area contributed by atoms with Crippen molar-refractivity contribution >= 4 is 11.9 Å². The minimum absolute atomic E-state index is 0.186. The number of carbonyl (C=O) groups is 2. The van der Waals surface area contributed by atoms with Crippen LogP contribution in [0.3, 0.4) is 0 Å². The van der Waals surface area contributed by atoms with Crippen LogP contribution in [0, 0.1) is 0 Å². The number of aliphatic hydroxyl groups is 1. The van der Waals surface area contributed by atoms with Gasteiger partial charge >= 0.3 is 11.9 Å². The number of ether oxygens (including phenoxy) is 1. The van der Waals surface area contributed by atoms with E-state index in [9.17, 15) is 14.7 Å². The first-order chi connectivity index (χ1) is 16.6. The Bertz CT molecular complexity index is 754. The Morgan fingerprint density at radius 2 is 1.46 bits per heavy atom. The van der Waals surface area contributed by atoms with Gasteiger partial charge in [-0.3, -0.25) is 9.59 Å². The number of carboxylic acids is 1. The van der Waals surface area contributed by atoms with Gasteiger partial charge in [0.05, 0.1) is 33.7 Å². The summed E-state index contributed by atoms with van der Waals surface area (Å²) in [5, 5.41) is 19.0. The quantitative estimate of drug-likeness (QED) is 0.108. The molecule has 0 amide bonds. The van der Waals surface area contributed by atoms with E-state index >= 15 is 0 Å². The Balaban J connectivity index is 4.05. The number of hydrogen-bond acceptors (Lipinski definition) is 4. The standard InChI is InChI=1S/C29H45NO5/c1-5-6-7-8-9-10-12-15-18-21-26(31)22-19-16-13-11-14-17-20-23-29(34)35-27(24-28(32)33)25-30(2,3)4/h6-7,9-10,13-19,22,26-27,31H,5,8,11-12,20-21,23-25H2,1-4H3/p+1/b7-6+,10-9+,16-13+,17-14+,18-15+,22-19+. The Morgan fingerprint density at radius 3 is 2.09 bits per heavy atom. The lowest BCUT2D eigenvalue weighted by atomic mass is 10.2. The number of aliphatic hydroxyl groups excluding tert-OH is 1. The van der Waals surface area contributed by atoms with Crippen molar-refractivity contribution in [1.29, 1.82) is 0 Å². The molecule has 196 valence electrons. The maximum Gasteiger partial charge on any atom is 0.307 e. The summed E-state index contributed by atoms with van der Waals surface area (Å²) in [4.78, 5) is 23.0. The van der Waals surface area contributed by atoms with E-state index in [1.54, 1.807) is 6.08 Å². The molecule has 0 aliphatic rings. The topological polar surface area (TPSA) is 83.8 Å². The molecule has 2 N–H and O–H groups in total. The second kappa shape index (κ2) is 20.7. The molecule has 0 spiro atoms. The highest BCUT2D eigenvalue weighted by atomic mass is 16.5. The number of likely N-dealkylation sites (N-methyl/N-ethyl adjacent to an activating group) is 1. The first-order valence-electron chi connectivity index (χ1n) is 12.5. The summed E-state index contributed by atoms with van der Waals surface area (Å²) < 4.78 is 5.88. The Morgan fingerprint density at radius 1 is 0.857 bits per heavy atom. The highest BCUT2D eigenvalue weighted by Gasteiger charge is 2.24. The third-order valence-electron chi connectivity index (χ3n) is 4.64. The zero-order valence-electron chi connectivity index (χ0n) is 22.0. The van der Waals surface area contributed by atoms with Crippen LogP contribution in [0.2, 0.25) is 0 Å². The molecule has 6 heteroatoms. The second-order valence-corrected chi connectivity index (χ2v) is 9.34. The summed E-state index contributed by atoms with van der Waals surface area (Å²) in [5.41, 5.74) is 0. The maximum absolute atomic E-state index is 12.0. The van der Waals surface area contributed by atoms with Gasteiger partial charge in [0.15, 0.2) is 6.10 Å². The van der Waals surface area contributed by atoms with Crippen LogP contribution in [0.25, 0.3) is 0 Å². The number of rotatable bonds is 19. The highest BCUT2D eigenvalue weighted by Crippen LogP contribution is 2.08. The van der Waals surface area contributed by atoms with Gasteiger partial charge in [0.1, 0.15) is 6.54 Å². The van der Waals surface area contributed by atoms with Crippen molar-refractivity contribution in [2.24, 2.45) is 0 Å². The van der Waals surface area contributed by atoms with Gasteiger partial charge in [0, 0.05) is 6.42 Å². The highest BCUT2D eigenvalue weighted by molar-refractivity contribution is 5.71. The number of hydrogen-bond donors (Lipinski definition) is 2. The summed E-state index contributed by atoms with van der Waals surface area (Å²) in [6.07, 6.45) is 27.6. The molecule has 0 heterocycles. The molecule has 0 rings (SSSR count). The van der Waals surface area contributed by atoms with Crippen LogP contribution in [0.5, 0.6) is 0 Å². The average Bonchev–Trinajstić information content (AvgIpc) is 2.75. The molecule has 0 aliphatic carbocycles. The predicted molar refractivity (Wildman–Crippen MR) is 144 cm³/mol. The zero-order chi connectivity index (χ0) is 26.4. The van der Waals surface area contributed by atoms with Crippen LogP contribution in [0.1, 0.15) is 58.3 Å². The van der Waals surface area contributed by atoms with Gasteiger partial charge in [-0.1, -0.05) is 79.8 Å². The number of aliphatic carboxylic acids is 1. The number of esters is 1. The van der Waals surface area contributed by atoms with E-state index in [0.29, 0.717) is 23.9 Å². The second-order valence-electron chi connectivity index (χ2n) is 9.34. The molecule has 35 heavy (non-hydrogen) atoms. The third kappa shape index (κ3) is 24.2. The van der Waals surface area contributed by atoms with Crippen molar-refractivity contribution in [3.63, 3.8) is 0 Å². The van der Waals surface area contributed by atoms with Gasteiger partial charge < -0.3 is 19.4 Å². The number of allylic oxidation sites excluding steroid dienone is 10. The third-order valence-corrected chi connectivity index (χ3v) is 4.64. The largest absolute Gasteiger partial charge is 0.481 e. The first kappa shape index (κ1) is 32.3. The minimum Gasteiger partial charge on any atom is -0.481 e. The van der Waals surface area contributed by atoms with Crippen molar-refractivity contribution in [3.8, 4) is 0 Å². The van der Waals surface area contributed by atoms with Crippen LogP contribution in [0.4, 0.5) is 0 Å². The normalized spacial score (nSPS) is 14.9. The molecular formula is C29H46NO5+. The summed E-state index contributed by atoms with van der Waals surface area (Å²) in [5.74, 6) is -1.35. The smallest absolute Gasteiger partial charge is 0.307 e. The number of nitrogens with zero attached hydrogens (tertiary/aromatic N) is 1. The lowest BCUT2D eigenvalue weighted by Gasteiger charge is -2.28. The van der Waals surface area contributed by atoms with Gasteiger partial charge in [-0.25, -0.2) is 0 Å².